The van der Waals surface area contributed by atoms with Gasteiger partial charge in [0.1, 0.15) is 6.26 Å². The quantitative estimate of drug-likeness (QED) is 0.632. The van der Waals surface area contributed by atoms with Crippen molar-refractivity contribution in [2.24, 2.45) is 0 Å². The van der Waals surface area contributed by atoms with Gasteiger partial charge in [-0.25, -0.2) is 0 Å². The third-order valence-corrected chi connectivity index (χ3v) is 0.996. The van der Waals surface area contributed by atoms with Crippen LogP contribution in [0.15, 0.2) is 16.9 Å². The summed E-state index contributed by atoms with van der Waals surface area (Å²) in [4.78, 5) is 0. The largest absolute Gasteiger partial charge is 0.393 e. The van der Waals surface area contributed by atoms with E-state index in [1.165, 1.54) is 6.26 Å². The normalized spacial score (nSPS) is 13.6. The van der Waals surface area contributed by atoms with Crippen molar-refractivity contribution in [3.63, 3.8) is 0 Å². The minimum Gasteiger partial charge on any atom is -0.393 e. The van der Waals surface area contributed by atoms with Crippen LogP contribution in [0.5, 0.6) is 0 Å². The van der Waals surface area contributed by atoms with Gasteiger partial charge < -0.3 is 9.63 Å². The average molecular weight is 127 g/mol. The van der Waals surface area contributed by atoms with Gasteiger partial charge in [0.2, 0.25) is 0 Å². The lowest BCUT2D eigenvalue weighted by molar-refractivity contribution is 0.192. The van der Waals surface area contributed by atoms with Crippen LogP contribution in [0.4, 0.5) is 0 Å². The Morgan fingerprint density at radius 1 is 1.89 bits per heavy atom. The number of aliphatic hydroxyl groups is 1. The number of nitrogens with zero attached hydrogens (tertiary/aromatic N) is 1. The van der Waals surface area contributed by atoms with E-state index in [-0.39, 0.29) is 6.10 Å². The zero-order valence-corrected chi connectivity index (χ0v) is 5.24. The molecule has 0 spiro atoms. The molecule has 0 aliphatic carbocycles. The molecule has 0 radical (unpaired) electrons. The van der Waals surface area contributed by atoms with Crippen molar-refractivity contribution >= 4 is 0 Å². The number of hydrogen-bond donors (Lipinski definition) is 1. The zero-order valence-electron chi connectivity index (χ0n) is 5.24. The van der Waals surface area contributed by atoms with Gasteiger partial charge in [0, 0.05) is 12.5 Å². The highest BCUT2D eigenvalue weighted by atomic mass is 16.5. The van der Waals surface area contributed by atoms with Crippen molar-refractivity contribution < 1.29 is 9.63 Å². The molecule has 3 heteroatoms. The molecule has 1 heterocycles. The van der Waals surface area contributed by atoms with E-state index in [4.69, 9.17) is 5.11 Å². The molecule has 1 aromatic rings. The molecule has 9 heavy (non-hydrogen) atoms. The minimum absolute atomic E-state index is 0.338. The fourth-order valence-corrected chi connectivity index (χ4v) is 0.646. The van der Waals surface area contributed by atoms with Gasteiger partial charge in [0.05, 0.1) is 11.8 Å². The van der Waals surface area contributed by atoms with E-state index in [2.05, 4.69) is 9.68 Å². The Kier molecular flexibility index (Phi) is 1.85. The van der Waals surface area contributed by atoms with Crippen LogP contribution in [-0.4, -0.2) is 16.4 Å². The average Bonchev–Trinajstić information content (AvgIpc) is 2.15. The maximum Gasteiger partial charge on any atom is 0.124 e. The molecule has 0 aliphatic heterocycles. The van der Waals surface area contributed by atoms with Crippen LogP contribution in [0, 0.1) is 0 Å². The van der Waals surface area contributed by atoms with E-state index in [1.54, 1.807) is 13.0 Å². The minimum atomic E-state index is -0.338. The highest BCUT2D eigenvalue weighted by molar-refractivity contribution is 4.96. The molecule has 0 aliphatic rings. The summed E-state index contributed by atoms with van der Waals surface area (Å²) in [7, 11) is 0. The molecule has 0 saturated heterocycles. The Balaban J connectivity index is 2.48. The van der Waals surface area contributed by atoms with E-state index < -0.39 is 0 Å². The second-order valence-corrected chi connectivity index (χ2v) is 2.04. The second kappa shape index (κ2) is 2.64. The molecule has 1 atom stereocenters. The summed E-state index contributed by atoms with van der Waals surface area (Å²) in [5.74, 6) is 0. The summed E-state index contributed by atoms with van der Waals surface area (Å²) in [5.41, 5.74) is 0.796. The summed E-state index contributed by atoms with van der Waals surface area (Å²) in [6.45, 7) is 1.72. The Hall–Kier alpha value is -0.830. The number of hydrogen-bond acceptors (Lipinski definition) is 3. The molecule has 1 aromatic heterocycles. The molecule has 0 fully saturated rings. The SMILES string of the molecule is CC(O)Cc1ccon1. The Morgan fingerprint density at radius 3 is 3.11 bits per heavy atom. The Labute approximate surface area is 53.3 Å². The fraction of sp³-hybridized carbons (Fsp3) is 0.500. The van der Waals surface area contributed by atoms with Gasteiger partial charge in [-0.1, -0.05) is 5.16 Å². The van der Waals surface area contributed by atoms with E-state index in [0.717, 1.165) is 5.69 Å². The molecule has 1 unspecified atom stereocenters. The topological polar surface area (TPSA) is 46.3 Å². The van der Waals surface area contributed by atoms with E-state index in [1.807, 2.05) is 0 Å². The lowest BCUT2D eigenvalue weighted by Gasteiger charge is -1.96. The maximum atomic E-state index is 8.84. The first-order valence-electron chi connectivity index (χ1n) is 2.86. The standard InChI is InChI=1S/C6H9NO2/c1-5(8)4-6-2-3-9-7-6/h2-3,5,8H,4H2,1H3. The molecular formula is C6H9NO2. The number of aromatic nitrogens is 1. The summed E-state index contributed by atoms with van der Waals surface area (Å²) >= 11 is 0. The lowest BCUT2D eigenvalue weighted by atomic mass is 10.2. The summed E-state index contributed by atoms with van der Waals surface area (Å²) in [5, 5.41) is 12.5. The molecule has 50 valence electrons. The molecule has 1 rings (SSSR count). The van der Waals surface area contributed by atoms with Crippen LogP contribution in [-0.2, 0) is 6.42 Å². The van der Waals surface area contributed by atoms with Gasteiger partial charge in [-0.15, -0.1) is 0 Å². The van der Waals surface area contributed by atoms with Crippen molar-refractivity contribution in [2.45, 2.75) is 19.4 Å². The Bertz CT molecular complexity index is 158. The van der Waals surface area contributed by atoms with Gasteiger partial charge in [-0.05, 0) is 6.92 Å². The van der Waals surface area contributed by atoms with Gasteiger partial charge in [-0.2, -0.15) is 0 Å². The van der Waals surface area contributed by atoms with Crippen LogP contribution in [0.1, 0.15) is 12.6 Å². The third kappa shape index (κ3) is 1.85. The number of aliphatic hydroxyl groups excluding tert-OH is 1. The monoisotopic (exact) mass is 127 g/mol. The molecular weight excluding hydrogens is 118 g/mol. The predicted octanol–water partition coefficient (Wildman–Crippen LogP) is 0.598. The molecule has 0 aromatic carbocycles. The fourth-order valence-electron chi connectivity index (χ4n) is 0.646. The van der Waals surface area contributed by atoms with E-state index >= 15 is 0 Å². The third-order valence-electron chi connectivity index (χ3n) is 0.996. The molecule has 0 bridgehead atoms. The van der Waals surface area contributed by atoms with E-state index in [9.17, 15) is 0 Å². The van der Waals surface area contributed by atoms with Crippen molar-refractivity contribution in [2.75, 3.05) is 0 Å². The lowest BCUT2D eigenvalue weighted by Crippen LogP contribution is -2.03. The van der Waals surface area contributed by atoms with Gasteiger partial charge in [0.25, 0.3) is 0 Å². The molecule has 0 amide bonds. The molecule has 3 nitrogen and oxygen atoms in total. The van der Waals surface area contributed by atoms with Crippen molar-refractivity contribution in [3.8, 4) is 0 Å². The first-order chi connectivity index (χ1) is 4.29. The number of rotatable bonds is 2. The van der Waals surface area contributed by atoms with Crippen LogP contribution < -0.4 is 0 Å². The van der Waals surface area contributed by atoms with Crippen molar-refractivity contribution in [1.29, 1.82) is 0 Å². The first-order valence-corrected chi connectivity index (χ1v) is 2.86. The van der Waals surface area contributed by atoms with Gasteiger partial charge in [0.15, 0.2) is 0 Å². The summed E-state index contributed by atoms with van der Waals surface area (Å²) in [6, 6.07) is 1.74. The second-order valence-electron chi connectivity index (χ2n) is 2.04. The highest BCUT2D eigenvalue weighted by Crippen LogP contribution is 1.98. The van der Waals surface area contributed by atoms with E-state index in [0.29, 0.717) is 6.42 Å². The van der Waals surface area contributed by atoms with Crippen LogP contribution in [0.25, 0.3) is 0 Å². The van der Waals surface area contributed by atoms with Crippen LogP contribution in [0.3, 0.4) is 0 Å². The predicted molar refractivity (Wildman–Crippen MR) is 31.9 cm³/mol. The van der Waals surface area contributed by atoms with Gasteiger partial charge >= 0.3 is 0 Å². The van der Waals surface area contributed by atoms with Crippen molar-refractivity contribution in [1.82, 2.24) is 5.16 Å². The summed E-state index contributed by atoms with van der Waals surface area (Å²) in [6.07, 6.45) is 1.73. The molecule has 1 N–H and O–H groups in total. The zero-order chi connectivity index (χ0) is 6.69. The van der Waals surface area contributed by atoms with Crippen molar-refractivity contribution in [3.05, 3.63) is 18.0 Å². The first kappa shape index (κ1) is 6.29. The van der Waals surface area contributed by atoms with Crippen LogP contribution >= 0.6 is 0 Å². The van der Waals surface area contributed by atoms with Crippen LogP contribution in [0.2, 0.25) is 0 Å². The molecule has 0 saturated carbocycles. The highest BCUT2D eigenvalue weighted by Gasteiger charge is 1.99. The van der Waals surface area contributed by atoms with Gasteiger partial charge in [-0.3, -0.25) is 0 Å². The summed E-state index contributed by atoms with van der Waals surface area (Å²) < 4.78 is 4.55. The Morgan fingerprint density at radius 2 is 2.67 bits per heavy atom. The smallest absolute Gasteiger partial charge is 0.124 e. The maximum absolute atomic E-state index is 8.84.